The molecule has 0 amide bonds. The van der Waals surface area contributed by atoms with Crippen LogP contribution in [0.2, 0.25) is 0 Å². The molecule has 2 heteroatoms. The topological polar surface area (TPSA) is 26.0 Å². The van der Waals surface area contributed by atoms with E-state index in [9.17, 15) is 0 Å². The Hall–Kier alpha value is -0.630. The summed E-state index contributed by atoms with van der Waals surface area (Å²) in [5.74, 6) is 3.36. The quantitative estimate of drug-likeness (QED) is 0.809. The monoisotopic (exact) mass is 277 g/mol. The van der Waals surface area contributed by atoms with Crippen molar-refractivity contribution in [3.63, 3.8) is 0 Å². The van der Waals surface area contributed by atoms with E-state index in [1.165, 1.54) is 17.7 Å². The summed E-state index contributed by atoms with van der Waals surface area (Å²) in [6, 6.07) is 6.56. The van der Waals surface area contributed by atoms with Gasteiger partial charge in [-0.3, -0.25) is 0 Å². The van der Waals surface area contributed by atoms with E-state index in [1.54, 1.807) is 5.56 Å². The van der Waals surface area contributed by atoms with Gasteiger partial charge in [0.25, 0.3) is 0 Å². The Kier molecular flexibility index (Phi) is 4.20. The number of thioether (sulfide) groups is 1. The lowest BCUT2D eigenvalue weighted by Gasteiger charge is -2.35. The predicted octanol–water partition coefficient (Wildman–Crippen LogP) is 4.67. The van der Waals surface area contributed by atoms with Crippen LogP contribution in [-0.2, 0) is 5.41 Å². The molecule has 2 N–H and O–H groups in total. The molecule has 0 fully saturated rings. The van der Waals surface area contributed by atoms with Gasteiger partial charge in [-0.1, -0.05) is 33.8 Å². The SMILES string of the molecule is CSCCC1c2ccc(N)cc2C(C)(C)C1C(C)C. The fourth-order valence-electron chi connectivity index (χ4n) is 4.21. The van der Waals surface area contributed by atoms with Crippen molar-refractivity contribution < 1.29 is 0 Å². The Bertz CT molecular complexity index is 451. The van der Waals surface area contributed by atoms with E-state index in [4.69, 9.17) is 5.73 Å². The summed E-state index contributed by atoms with van der Waals surface area (Å²) in [7, 11) is 0. The van der Waals surface area contributed by atoms with Gasteiger partial charge in [-0.15, -0.1) is 0 Å². The maximum atomic E-state index is 6.01. The zero-order chi connectivity index (χ0) is 14.2. The zero-order valence-electron chi connectivity index (χ0n) is 12.9. The third-order valence-electron chi connectivity index (χ3n) is 4.79. The summed E-state index contributed by atoms with van der Waals surface area (Å²) in [6.07, 6.45) is 3.48. The lowest BCUT2D eigenvalue weighted by atomic mass is 9.70. The van der Waals surface area contributed by atoms with Gasteiger partial charge in [0.1, 0.15) is 0 Å². The third-order valence-corrected chi connectivity index (χ3v) is 5.43. The highest BCUT2D eigenvalue weighted by molar-refractivity contribution is 7.98. The minimum absolute atomic E-state index is 0.238. The normalized spacial score (nSPS) is 24.7. The molecule has 0 radical (unpaired) electrons. The van der Waals surface area contributed by atoms with Crippen LogP contribution in [0, 0.1) is 11.8 Å². The first-order valence-corrected chi connectivity index (χ1v) is 8.67. The third kappa shape index (κ3) is 2.52. The average Bonchev–Trinajstić information content (AvgIpc) is 2.54. The molecule has 1 aromatic rings. The van der Waals surface area contributed by atoms with Gasteiger partial charge in [0, 0.05) is 5.69 Å². The van der Waals surface area contributed by atoms with E-state index in [1.807, 2.05) is 11.8 Å². The molecule has 1 nitrogen and oxygen atoms in total. The molecule has 0 heterocycles. The van der Waals surface area contributed by atoms with Crippen LogP contribution >= 0.6 is 11.8 Å². The van der Waals surface area contributed by atoms with Gasteiger partial charge < -0.3 is 5.73 Å². The second-order valence-corrected chi connectivity index (χ2v) is 7.71. The zero-order valence-corrected chi connectivity index (χ0v) is 13.7. The number of hydrogen-bond donors (Lipinski definition) is 1. The Balaban J connectivity index is 2.47. The van der Waals surface area contributed by atoms with Crippen LogP contribution in [0.5, 0.6) is 0 Å². The van der Waals surface area contributed by atoms with Gasteiger partial charge in [-0.2, -0.15) is 11.8 Å². The molecule has 0 bridgehead atoms. The fraction of sp³-hybridized carbons (Fsp3) is 0.647. The van der Waals surface area contributed by atoms with Crippen molar-refractivity contribution >= 4 is 17.4 Å². The van der Waals surface area contributed by atoms with Crippen molar-refractivity contribution in [1.82, 2.24) is 0 Å². The molecule has 0 spiro atoms. The summed E-state index contributed by atoms with van der Waals surface area (Å²) in [5, 5.41) is 0. The number of benzene rings is 1. The smallest absolute Gasteiger partial charge is 0.0317 e. The molecule has 2 atom stereocenters. The number of nitrogens with two attached hydrogens (primary N) is 1. The van der Waals surface area contributed by atoms with Crippen molar-refractivity contribution in [3.8, 4) is 0 Å². The summed E-state index contributed by atoms with van der Waals surface area (Å²) in [4.78, 5) is 0. The standard InChI is InChI=1S/C17H27NS/c1-11(2)16-14(8-9-19-5)13-7-6-12(18)10-15(13)17(16,3)4/h6-7,10-11,14,16H,8-9,18H2,1-5H3. The lowest BCUT2D eigenvalue weighted by Crippen LogP contribution is -2.30. The van der Waals surface area contributed by atoms with E-state index in [0.29, 0.717) is 11.8 Å². The van der Waals surface area contributed by atoms with Crippen LogP contribution in [-0.4, -0.2) is 12.0 Å². The van der Waals surface area contributed by atoms with Crippen LogP contribution in [0.25, 0.3) is 0 Å². The van der Waals surface area contributed by atoms with Crippen LogP contribution in [0.4, 0.5) is 5.69 Å². The molecule has 2 unspecified atom stereocenters. The summed E-state index contributed by atoms with van der Waals surface area (Å²) in [6.45, 7) is 9.53. The van der Waals surface area contributed by atoms with Crippen molar-refractivity contribution in [3.05, 3.63) is 29.3 Å². The van der Waals surface area contributed by atoms with Gasteiger partial charge in [0.05, 0.1) is 0 Å². The minimum atomic E-state index is 0.238. The fourth-order valence-corrected chi connectivity index (χ4v) is 4.70. The Labute approximate surface area is 122 Å². The molecule has 1 aliphatic carbocycles. The molecule has 0 saturated carbocycles. The molecular formula is C17H27NS. The summed E-state index contributed by atoms with van der Waals surface area (Å²) >= 11 is 1.96. The highest BCUT2D eigenvalue weighted by Gasteiger charge is 2.46. The Morgan fingerprint density at radius 1 is 1.32 bits per heavy atom. The van der Waals surface area contributed by atoms with Crippen molar-refractivity contribution in [2.45, 2.75) is 45.4 Å². The molecule has 1 aliphatic rings. The van der Waals surface area contributed by atoms with Crippen molar-refractivity contribution in [2.75, 3.05) is 17.7 Å². The number of fused-ring (bicyclic) bond motifs is 1. The molecule has 2 rings (SSSR count). The number of nitrogen functional groups attached to an aromatic ring is 1. The summed E-state index contributed by atoms with van der Waals surface area (Å²) < 4.78 is 0. The molecule has 0 saturated heterocycles. The van der Waals surface area contributed by atoms with E-state index in [0.717, 1.165) is 11.6 Å². The van der Waals surface area contributed by atoms with E-state index >= 15 is 0 Å². The highest BCUT2D eigenvalue weighted by atomic mass is 32.2. The maximum Gasteiger partial charge on any atom is 0.0317 e. The molecule has 1 aromatic carbocycles. The number of rotatable bonds is 4. The molecule has 0 aliphatic heterocycles. The minimum Gasteiger partial charge on any atom is -0.399 e. The van der Waals surface area contributed by atoms with Crippen LogP contribution < -0.4 is 5.73 Å². The first kappa shape index (κ1) is 14.8. The van der Waals surface area contributed by atoms with Gasteiger partial charge in [-0.25, -0.2) is 0 Å². The van der Waals surface area contributed by atoms with Crippen LogP contribution in [0.15, 0.2) is 18.2 Å². The first-order chi connectivity index (χ1) is 8.89. The average molecular weight is 277 g/mol. The predicted molar refractivity (Wildman–Crippen MR) is 87.9 cm³/mol. The van der Waals surface area contributed by atoms with E-state index < -0.39 is 0 Å². The second kappa shape index (κ2) is 5.40. The highest BCUT2D eigenvalue weighted by Crippen LogP contribution is 2.55. The molecular weight excluding hydrogens is 250 g/mol. The Morgan fingerprint density at radius 2 is 2.00 bits per heavy atom. The van der Waals surface area contributed by atoms with Gasteiger partial charge >= 0.3 is 0 Å². The number of hydrogen-bond acceptors (Lipinski definition) is 2. The lowest BCUT2D eigenvalue weighted by molar-refractivity contribution is 0.223. The van der Waals surface area contributed by atoms with Crippen molar-refractivity contribution in [1.29, 1.82) is 0 Å². The Morgan fingerprint density at radius 3 is 2.58 bits per heavy atom. The second-order valence-electron chi connectivity index (χ2n) is 6.73. The first-order valence-electron chi connectivity index (χ1n) is 7.28. The van der Waals surface area contributed by atoms with E-state index in [2.05, 4.69) is 52.1 Å². The molecule has 0 aromatic heterocycles. The molecule has 106 valence electrons. The number of anilines is 1. The van der Waals surface area contributed by atoms with Gasteiger partial charge in [0.15, 0.2) is 0 Å². The van der Waals surface area contributed by atoms with Gasteiger partial charge in [-0.05, 0) is 64.9 Å². The van der Waals surface area contributed by atoms with Crippen LogP contribution in [0.1, 0.15) is 51.2 Å². The van der Waals surface area contributed by atoms with E-state index in [-0.39, 0.29) is 5.41 Å². The van der Waals surface area contributed by atoms with Crippen LogP contribution in [0.3, 0.4) is 0 Å². The summed E-state index contributed by atoms with van der Waals surface area (Å²) in [5.41, 5.74) is 10.2. The van der Waals surface area contributed by atoms with Crippen molar-refractivity contribution in [2.24, 2.45) is 11.8 Å². The maximum absolute atomic E-state index is 6.01. The molecule has 19 heavy (non-hydrogen) atoms. The largest absolute Gasteiger partial charge is 0.399 e. The van der Waals surface area contributed by atoms with Gasteiger partial charge in [0.2, 0.25) is 0 Å².